The lowest BCUT2D eigenvalue weighted by Gasteiger charge is -2.36. The summed E-state index contributed by atoms with van der Waals surface area (Å²) in [6.07, 6.45) is 5.26. The number of benzene rings is 2. The molecule has 1 atom stereocenters. The summed E-state index contributed by atoms with van der Waals surface area (Å²) in [6, 6.07) is 15.9. The minimum absolute atomic E-state index is 0.186. The molecule has 160 valence electrons. The Morgan fingerprint density at radius 3 is 2.70 bits per heavy atom. The molecule has 1 N–H and O–H groups in total. The number of anilines is 2. The SMILES string of the molecule is CCCCC1(CC)CSc2cc(O/C=C(\F)C(=O)O)ccc2N(c2ccccc2)C1. The van der Waals surface area contributed by atoms with Crippen molar-refractivity contribution < 1.29 is 19.0 Å². The van der Waals surface area contributed by atoms with E-state index in [1.807, 2.05) is 30.3 Å². The minimum atomic E-state index is -1.64. The topological polar surface area (TPSA) is 49.8 Å². The van der Waals surface area contributed by atoms with E-state index >= 15 is 0 Å². The van der Waals surface area contributed by atoms with Crippen LogP contribution in [0.3, 0.4) is 0 Å². The molecule has 0 bridgehead atoms. The summed E-state index contributed by atoms with van der Waals surface area (Å²) in [5.74, 6) is -1.56. The van der Waals surface area contributed by atoms with E-state index in [4.69, 9.17) is 9.84 Å². The van der Waals surface area contributed by atoms with E-state index in [0.29, 0.717) is 12.0 Å². The fraction of sp³-hybridized carbons (Fsp3) is 0.375. The van der Waals surface area contributed by atoms with E-state index < -0.39 is 11.8 Å². The number of nitrogens with zero attached hydrogens (tertiary/aromatic N) is 1. The van der Waals surface area contributed by atoms with Gasteiger partial charge in [-0.2, -0.15) is 4.39 Å². The van der Waals surface area contributed by atoms with Crippen molar-refractivity contribution in [2.45, 2.75) is 44.4 Å². The Kier molecular flexibility index (Phi) is 7.43. The molecule has 6 heteroatoms. The molecule has 3 rings (SSSR count). The first-order valence-electron chi connectivity index (χ1n) is 10.3. The lowest BCUT2D eigenvalue weighted by Crippen LogP contribution is -2.35. The number of carboxylic acids is 1. The van der Waals surface area contributed by atoms with Gasteiger partial charge in [-0.1, -0.05) is 44.9 Å². The van der Waals surface area contributed by atoms with E-state index in [-0.39, 0.29) is 5.41 Å². The second-order valence-corrected chi connectivity index (χ2v) is 8.70. The smallest absolute Gasteiger partial charge is 0.368 e. The molecular weight excluding hydrogens is 401 g/mol. The highest BCUT2D eigenvalue weighted by Gasteiger charge is 2.35. The van der Waals surface area contributed by atoms with Crippen molar-refractivity contribution in [1.82, 2.24) is 0 Å². The first-order chi connectivity index (χ1) is 14.5. The quantitative estimate of drug-likeness (QED) is 0.370. The molecule has 2 aromatic carbocycles. The zero-order valence-corrected chi connectivity index (χ0v) is 18.3. The van der Waals surface area contributed by atoms with Gasteiger partial charge in [0, 0.05) is 22.9 Å². The average Bonchev–Trinajstić information content (AvgIpc) is 2.94. The van der Waals surface area contributed by atoms with Gasteiger partial charge in [0.15, 0.2) is 0 Å². The van der Waals surface area contributed by atoms with Crippen molar-refractivity contribution in [2.24, 2.45) is 5.41 Å². The Bertz CT molecular complexity index is 903. The third kappa shape index (κ3) is 5.17. The lowest BCUT2D eigenvalue weighted by atomic mass is 9.81. The fourth-order valence-electron chi connectivity index (χ4n) is 3.71. The molecule has 0 spiro atoms. The third-order valence-corrected chi connectivity index (χ3v) is 7.03. The maximum atomic E-state index is 13.3. The normalized spacial score (nSPS) is 19.2. The molecule has 0 saturated heterocycles. The summed E-state index contributed by atoms with van der Waals surface area (Å²) < 4.78 is 18.6. The number of hydrogen-bond donors (Lipinski definition) is 1. The lowest BCUT2D eigenvalue weighted by molar-refractivity contribution is -0.134. The van der Waals surface area contributed by atoms with E-state index in [2.05, 4.69) is 30.9 Å². The van der Waals surface area contributed by atoms with Crippen LogP contribution >= 0.6 is 11.8 Å². The van der Waals surface area contributed by atoms with Crippen LogP contribution in [-0.4, -0.2) is 23.4 Å². The first kappa shape index (κ1) is 22.2. The highest BCUT2D eigenvalue weighted by atomic mass is 32.2. The summed E-state index contributed by atoms with van der Waals surface area (Å²) in [4.78, 5) is 14.1. The van der Waals surface area contributed by atoms with E-state index in [1.54, 1.807) is 17.8 Å². The zero-order chi connectivity index (χ0) is 21.6. The van der Waals surface area contributed by atoms with Crippen LogP contribution in [0.1, 0.15) is 39.5 Å². The van der Waals surface area contributed by atoms with Crippen molar-refractivity contribution in [3.05, 3.63) is 60.6 Å². The number of carbonyl (C=O) groups is 1. The van der Waals surface area contributed by atoms with Crippen molar-refractivity contribution in [3.8, 4) is 5.75 Å². The van der Waals surface area contributed by atoms with Crippen molar-refractivity contribution in [1.29, 1.82) is 0 Å². The summed E-state index contributed by atoms with van der Waals surface area (Å²) in [5, 5.41) is 8.67. The number of aliphatic carboxylic acids is 1. The summed E-state index contributed by atoms with van der Waals surface area (Å²) in [6.45, 7) is 5.43. The number of carboxylic acid groups (broad SMARTS) is 1. The molecule has 0 radical (unpaired) electrons. The number of unbranched alkanes of at least 4 members (excludes halogenated alkanes) is 1. The van der Waals surface area contributed by atoms with Gasteiger partial charge < -0.3 is 14.7 Å². The Morgan fingerprint density at radius 2 is 2.03 bits per heavy atom. The monoisotopic (exact) mass is 429 g/mol. The highest BCUT2D eigenvalue weighted by molar-refractivity contribution is 7.99. The van der Waals surface area contributed by atoms with Crippen LogP contribution in [0.15, 0.2) is 65.5 Å². The predicted octanol–water partition coefficient (Wildman–Crippen LogP) is 6.79. The number of para-hydroxylation sites is 1. The van der Waals surface area contributed by atoms with Gasteiger partial charge in [-0.25, -0.2) is 4.79 Å². The number of hydrogen-bond acceptors (Lipinski definition) is 4. The van der Waals surface area contributed by atoms with Gasteiger partial charge in [0.1, 0.15) is 12.0 Å². The fourth-order valence-corrected chi connectivity index (χ4v) is 5.13. The molecule has 4 nitrogen and oxygen atoms in total. The van der Waals surface area contributed by atoms with Crippen LogP contribution in [0.4, 0.5) is 15.8 Å². The number of ether oxygens (including phenoxy) is 1. The third-order valence-electron chi connectivity index (χ3n) is 5.63. The van der Waals surface area contributed by atoms with Gasteiger partial charge in [-0.15, -0.1) is 11.8 Å². The van der Waals surface area contributed by atoms with Crippen LogP contribution < -0.4 is 9.64 Å². The highest BCUT2D eigenvalue weighted by Crippen LogP contribution is 2.47. The molecule has 2 aromatic rings. The van der Waals surface area contributed by atoms with Crippen LogP contribution in [0.25, 0.3) is 0 Å². The number of thioether (sulfide) groups is 1. The molecule has 1 unspecified atom stereocenters. The summed E-state index contributed by atoms with van der Waals surface area (Å²) in [5.41, 5.74) is 2.42. The van der Waals surface area contributed by atoms with E-state index in [0.717, 1.165) is 35.0 Å². The maximum Gasteiger partial charge on any atom is 0.368 e. The van der Waals surface area contributed by atoms with Crippen LogP contribution in [0.2, 0.25) is 0 Å². The molecule has 0 amide bonds. The predicted molar refractivity (Wildman–Crippen MR) is 120 cm³/mol. The van der Waals surface area contributed by atoms with Gasteiger partial charge in [0.25, 0.3) is 0 Å². The largest absolute Gasteiger partial charge is 0.476 e. The molecule has 1 aliphatic heterocycles. The average molecular weight is 430 g/mol. The van der Waals surface area contributed by atoms with Gasteiger partial charge in [0.05, 0.1) is 5.69 Å². The van der Waals surface area contributed by atoms with Gasteiger partial charge in [-0.3, -0.25) is 0 Å². The molecule has 1 aliphatic rings. The van der Waals surface area contributed by atoms with Crippen LogP contribution in [0.5, 0.6) is 5.75 Å². The zero-order valence-electron chi connectivity index (χ0n) is 17.4. The number of halogens is 1. The van der Waals surface area contributed by atoms with Crippen molar-refractivity contribution in [2.75, 3.05) is 17.2 Å². The van der Waals surface area contributed by atoms with Crippen molar-refractivity contribution >= 4 is 29.1 Å². The summed E-state index contributed by atoms with van der Waals surface area (Å²) in [7, 11) is 0. The second kappa shape index (κ2) is 10.0. The molecular formula is C24H28FNO3S. The molecule has 0 fully saturated rings. The Hall–Kier alpha value is -2.47. The standard InChI is InChI=1S/C24H28FNO3S/c1-3-5-13-24(4-2)16-26(18-9-7-6-8-10-18)21-12-11-19(14-22(21)30-17-24)29-15-20(25)23(27)28/h6-12,14-15H,3-5,13,16-17H2,1-2H3,(H,27,28)/b20-15-. The Balaban J connectivity index is 1.98. The number of rotatable bonds is 8. The van der Waals surface area contributed by atoms with E-state index in [9.17, 15) is 9.18 Å². The molecule has 30 heavy (non-hydrogen) atoms. The Labute approximate surface area is 181 Å². The van der Waals surface area contributed by atoms with Crippen LogP contribution in [0, 0.1) is 5.41 Å². The maximum absolute atomic E-state index is 13.3. The Morgan fingerprint density at radius 1 is 1.27 bits per heavy atom. The van der Waals surface area contributed by atoms with Crippen LogP contribution in [-0.2, 0) is 4.79 Å². The number of fused-ring (bicyclic) bond motifs is 1. The van der Waals surface area contributed by atoms with Gasteiger partial charge in [0.2, 0.25) is 5.83 Å². The first-order valence-corrected chi connectivity index (χ1v) is 11.3. The second-order valence-electron chi connectivity index (χ2n) is 7.69. The van der Waals surface area contributed by atoms with Crippen molar-refractivity contribution in [3.63, 3.8) is 0 Å². The molecule has 0 aromatic heterocycles. The van der Waals surface area contributed by atoms with Gasteiger partial charge in [-0.05, 0) is 48.6 Å². The van der Waals surface area contributed by atoms with Gasteiger partial charge >= 0.3 is 5.97 Å². The summed E-state index contributed by atoms with van der Waals surface area (Å²) >= 11 is 1.79. The molecule has 0 saturated carbocycles. The minimum Gasteiger partial charge on any atom is -0.476 e. The van der Waals surface area contributed by atoms with E-state index in [1.165, 1.54) is 19.3 Å². The molecule has 0 aliphatic carbocycles. The molecule has 1 heterocycles.